The molecule has 0 spiro atoms. The second-order valence-electron chi connectivity index (χ2n) is 6.34. The van der Waals surface area contributed by atoms with E-state index in [1.807, 2.05) is 6.07 Å². The molecule has 1 fully saturated rings. The number of ether oxygens (including phenoxy) is 1. The molecule has 1 aliphatic heterocycles. The molecule has 0 radical (unpaired) electrons. The first-order chi connectivity index (χ1) is 10.2. The van der Waals surface area contributed by atoms with Crippen molar-refractivity contribution in [1.82, 2.24) is 0 Å². The number of hydrogen-bond acceptors (Lipinski definition) is 4. The average Bonchev–Trinajstić information content (AvgIpc) is 2.71. The van der Waals surface area contributed by atoms with Gasteiger partial charge in [0.25, 0.3) is 0 Å². The van der Waals surface area contributed by atoms with Gasteiger partial charge in [0.1, 0.15) is 0 Å². The van der Waals surface area contributed by atoms with Crippen LogP contribution in [0.3, 0.4) is 0 Å². The monoisotopic (exact) mass is 327 g/mol. The van der Waals surface area contributed by atoms with Crippen molar-refractivity contribution in [2.24, 2.45) is 11.7 Å². The third-order valence-corrected chi connectivity index (χ3v) is 5.05. The van der Waals surface area contributed by atoms with Crippen LogP contribution in [0.2, 0.25) is 0 Å². The molecule has 1 aromatic carbocycles. The lowest BCUT2D eigenvalue weighted by atomic mass is 9.83. The second kappa shape index (κ2) is 7.53. The summed E-state index contributed by atoms with van der Waals surface area (Å²) in [4.78, 5) is 0. The molecule has 0 saturated heterocycles. The zero-order valence-corrected chi connectivity index (χ0v) is 13.6. The van der Waals surface area contributed by atoms with Gasteiger partial charge in [-0.3, -0.25) is 0 Å². The maximum absolute atomic E-state index is 10.1. The molecular formula is C17H26ClNO3. The van der Waals surface area contributed by atoms with Crippen molar-refractivity contribution in [3.63, 3.8) is 0 Å². The summed E-state index contributed by atoms with van der Waals surface area (Å²) in [5, 5.41) is 19.9. The van der Waals surface area contributed by atoms with Gasteiger partial charge < -0.3 is 20.7 Å². The number of benzene rings is 1. The molecular weight excluding hydrogens is 302 g/mol. The van der Waals surface area contributed by atoms with Gasteiger partial charge in [-0.1, -0.05) is 25.3 Å². The number of phenolic OH excluding ortho intramolecular Hbond substituents is 2. The minimum atomic E-state index is -0.180. The Kier molecular flexibility index (Phi) is 5.95. The van der Waals surface area contributed by atoms with Crippen LogP contribution in [0.15, 0.2) is 12.1 Å². The maximum Gasteiger partial charge on any atom is 0.161 e. The largest absolute Gasteiger partial charge is 0.504 e. The highest BCUT2D eigenvalue weighted by Gasteiger charge is 2.32. The molecule has 4 N–H and O–H groups in total. The van der Waals surface area contributed by atoms with Crippen LogP contribution in [0, 0.1) is 5.92 Å². The van der Waals surface area contributed by atoms with Gasteiger partial charge in [-0.25, -0.2) is 0 Å². The van der Waals surface area contributed by atoms with Gasteiger partial charge >= 0.3 is 0 Å². The highest BCUT2D eigenvalue weighted by atomic mass is 35.5. The zero-order chi connectivity index (χ0) is 14.8. The van der Waals surface area contributed by atoms with E-state index in [9.17, 15) is 10.2 Å². The van der Waals surface area contributed by atoms with Crippen LogP contribution in [0.5, 0.6) is 11.5 Å². The minimum absolute atomic E-state index is 0. The molecule has 0 aromatic heterocycles. The third kappa shape index (κ3) is 3.34. The lowest BCUT2D eigenvalue weighted by Gasteiger charge is -2.31. The molecule has 0 amide bonds. The quantitative estimate of drug-likeness (QED) is 0.727. The first kappa shape index (κ1) is 17.4. The number of fused-ring (bicyclic) bond motifs is 1. The van der Waals surface area contributed by atoms with Crippen molar-refractivity contribution in [2.45, 2.75) is 57.2 Å². The highest BCUT2D eigenvalue weighted by molar-refractivity contribution is 5.85. The van der Waals surface area contributed by atoms with Gasteiger partial charge in [-0.05, 0) is 43.2 Å². The molecule has 1 saturated carbocycles. The molecule has 2 atom stereocenters. The van der Waals surface area contributed by atoms with Crippen molar-refractivity contribution in [2.75, 3.05) is 6.54 Å². The number of phenols is 2. The van der Waals surface area contributed by atoms with E-state index in [0.717, 1.165) is 24.0 Å². The van der Waals surface area contributed by atoms with Crippen LogP contribution in [-0.2, 0) is 11.2 Å². The molecule has 1 aromatic rings. The summed E-state index contributed by atoms with van der Waals surface area (Å²) >= 11 is 0. The Morgan fingerprint density at radius 2 is 1.82 bits per heavy atom. The van der Waals surface area contributed by atoms with Crippen LogP contribution in [-0.4, -0.2) is 22.9 Å². The first-order valence-corrected chi connectivity index (χ1v) is 8.10. The van der Waals surface area contributed by atoms with E-state index >= 15 is 0 Å². The van der Waals surface area contributed by atoms with Crippen LogP contribution < -0.4 is 5.73 Å². The lowest BCUT2D eigenvalue weighted by molar-refractivity contribution is -0.0479. The standard InChI is InChI=1S/C17H25NO3.ClH/c18-10-16-12-6-8-14(19)17(20)13(12)7-9-15(21-16)11-4-2-1-3-5-11;/h6,8,11,15-16,19-20H,1-5,7,9-10,18H2;1H/t15-,16-;/m0./s1. The average molecular weight is 328 g/mol. The van der Waals surface area contributed by atoms with E-state index in [0.29, 0.717) is 12.5 Å². The summed E-state index contributed by atoms with van der Waals surface area (Å²) in [5.41, 5.74) is 7.64. The molecule has 0 unspecified atom stereocenters. The summed E-state index contributed by atoms with van der Waals surface area (Å²) < 4.78 is 6.30. The second-order valence-corrected chi connectivity index (χ2v) is 6.34. The third-order valence-electron chi connectivity index (χ3n) is 5.05. The molecule has 0 bridgehead atoms. The molecule has 22 heavy (non-hydrogen) atoms. The highest BCUT2D eigenvalue weighted by Crippen LogP contribution is 2.41. The van der Waals surface area contributed by atoms with Crippen LogP contribution in [0.25, 0.3) is 0 Å². The summed E-state index contributed by atoms with van der Waals surface area (Å²) in [6.07, 6.45) is 8.05. The van der Waals surface area contributed by atoms with Crippen molar-refractivity contribution in [3.05, 3.63) is 23.3 Å². The molecule has 124 valence electrons. The first-order valence-electron chi connectivity index (χ1n) is 8.10. The van der Waals surface area contributed by atoms with E-state index in [4.69, 9.17) is 10.5 Å². The zero-order valence-electron chi connectivity index (χ0n) is 12.8. The van der Waals surface area contributed by atoms with E-state index in [1.165, 1.54) is 38.2 Å². The fraction of sp³-hybridized carbons (Fsp3) is 0.647. The van der Waals surface area contributed by atoms with E-state index < -0.39 is 0 Å². The van der Waals surface area contributed by atoms with Gasteiger partial charge in [-0.2, -0.15) is 0 Å². The van der Waals surface area contributed by atoms with Gasteiger partial charge in [0.15, 0.2) is 11.5 Å². The van der Waals surface area contributed by atoms with Gasteiger partial charge in [-0.15, -0.1) is 12.4 Å². The number of rotatable bonds is 2. The van der Waals surface area contributed by atoms with Crippen LogP contribution >= 0.6 is 12.4 Å². The molecule has 3 rings (SSSR count). The summed E-state index contributed by atoms with van der Waals surface area (Å²) in [6.45, 7) is 0.403. The maximum atomic E-state index is 10.1. The van der Waals surface area contributed by atoms with E-state index in [-0.39, 0.29) is 36.1 Å². The van der Waals surface area contributed by atoms with Gasteiger partial charge in [0, 0.05) is 12.1 Å². The summed E-state index contributed by atoms with van der Waals surface area (Å²) in [5.74, 6) is 0.553. The van der Waals surface area contributed by atoms with Crippen molar-refractivity contribution in [1.29, 1.82) is 0 Å². The Bertz CT molecular complexity index is 503. The normalized spacial score (nSPS) is 25.9. The Morgan fingerprint density at radius 1 is 1.09 bits per heavy atom. The van der Waals surface area contributed by atoms with E-state index in [1.54, 1.807) is 0 Å². The van der Waals surface area contributed by atoms with Crippen LogP contribution in [0.4, 0.5) is 0 Å². The van der Waals surface area contributed by atoms with Crippen molar-refractivity contribution < 1.29 is 14.9 Å². The SMILES string of the molecule is Cl.NC[C@@H]1O[C@H](C2CCCCC2)CCc2c1ccc(O)c2O. The van der Waals surface area contributed by atoms with E-state index in [2.05, 4.69) is 0 Å². The number of hydrogen-bond donors (Lipinski definition) is 3. The smallest absolute Gasteiger partial charge is 0.161 e. The fourth-order valence-corrected chi connectivity index (χ4v) is 3.88. The number of halogens is 1. The fourth-order valence-electron chi connectivity index (χ4n) is 3.88. The molecule has 5 heteroatoms. The lowest BCUT2D eigenvalue weighted by Crippen LogP contribution is -2.29. The number of nitrogens with two attached hydrogens (primary N) is 1. The number of aromatic hydroxyl groups is 2. The molecule has 1 heterocycles. The predicted octanol–water partition coefficient (Wildman–Crippen LogP) is 3.43. The van der Waals surface area contributed by atoms with Crippen molar-refractivity contribution >= 4 is 12.4 Å². The molecule has 2 aliphatic rings. The Hall–Kier alpha value is -0.970. The summed E-state index contributed by atoms with van der Waals surface area (Å²) in [6, 6.07) is 3.37. The van der Waals surface area contributed by atoms with Gasteiger partial charge in [0.05, 0.1) is 12.2 Å². The Labute approximate surface area is 138 Å². The van der Waals surface area contributed by atoms with Crippen LogP contribution in [0.1, 0.15) is 55.8 Å². The molecule has 4 nitrogen and oxygen atoms in total. The van der Waals surface area contributed by atoms with Gasteiger partial charge in [0.2, 0.25) is 0 Å². The predicted molar refractivity (Wildman–Crippen MR) is 88.6 cm³/mol. The molecule has 1 aliphatic carbocycles. The minimum Gasteiger partial charge on any atom is -0.504 e. The Balaban J connectivity index is 0.00000176. The summed E-state index contributed by atoms with van der Waals surface area (Å²) in [7, 11) is 0. The Morgan fingerprint density at radius 3 is 2.50 bits per heavy atom. The van der Waals surface area contributed by atoms with Crippen molar-refractivity contribution in [3.8, 4) is 11.5 Å². The topological polar surface area (TPSA) is 75.7 Å².